The van der Waals surface area contributed by atoms with Crippen LogP contribution in [0.15, 0.2) is 53.7 Å². The molecular formula is C21H22N6O2S. The number of anilines is 1. The van der Waals surface area contributed by atoms with E-state index in [4.69, 9.17) is 15.9 Å². The van der Waals surface area contributed by atoms with Crippen LogP contribution in [-0.2, 0) is 11.2 Å². The molecule has 0 aliphatic rings. The molecule has 2 aromatic heterocycles. The number of amides is 1. The molecular weight excluding hydrogens is 400 g/mol. The van der Waals surface area contributed by atoms with Gasteiger partial charge in [0.1, 0.15) is 27.9 Å². The molecule has 30 heavy (non-hydrogen) atoms. The highest BCUT2D eigenvalue weighted by atomic mass is 32.1. The van der Waals surface area contributed by atoms with Crippen molar-refractivity contribution in [2.45, 2.75) is 19.8 Å². The monoisotopic (exact) mass is 422 g/mol. The van der Waals surface area contributed by atoms with Crippen LogP contribution in [0.3, 0.4) is 0 Å². The number of ether oxygens (including phenoxy) is 1. The maximum atomic E-state index is 12.3. The molecule has 2 heterocycles. The Morgan fingerprint density at radius 1 is 1.33 bits per heavy atom. The minimum Gasteiger partial charge on any atom is -0.477 e. The molecule has 3 aromatic rings. The van der Waals surface area contributed by atoms with E-state index in [1.165, 1.54) is 11.3 Å². The zero-order chi connectivity index (χ0) is 21.3. The fourth-order valence-corrected chi connectivity index (χ4v) is 3.61. The van der Waals surface area contributed by atoms with Crippen molar-refractivity contribution in [1.29, 1.82) is 5.41 Å². The van der Waals surface area contributed by atoms with E-state index >= 15 is 0 Å². The van der Waals surface area contributed by atoms with Crippen LogP contribution < -0.4 is 15.8 Å². The van der Waals surface area contributed by atoms with Gasteiger partial charge in [-0.25, -0.2) is 15.0 Å². The fourth-order valence-electron chi connectivity index (χ4n) is 2.69. The largest absolute Gasteiger partial charge is 0.477 e. The third-order valence-electron chi connectivity index (χ3n) is 4.07. The molecule has 0 fully saturated rings. The van der Waals surface area contributed by atoms with Gasteiger partial charge in [-0.3, -0.25) is 10.2 Å². The predicted octanol–water partition coefficient (Wildman–Crippen LogP) is 3.49. The molecule has 1 amide bonds. The number of aromatic nitrogens is 2. The van der Waals surface area contributed by atoms with Crippen LogP contribution in [0.4, 0.5) is 5.82 Å². The van der Waals surface area contributed by atoms with Gasteiger partial charge >= 0.3 is 0 Å². The normalized spacial score (nSPS) is 11.2. The number of rotatable bonds is 9. The van der Waals surface area contributed by atoms with Crippen molar-refractivity contribution < 1.29 is 9.53 Å². The average molecular weight is 423 g/mol. The third kappa shape index (κ3) is 5.48. The van der Waals surface area contributed by atoms with Gasteiger partial charge in [0.15, 0.2) is 0 Å². The first-order valence-electron chi connectivity index (χ1n) is 9.37. The van der Waals surface area contributed by atoms with Crippen molar-refractivity contribution in [3.8, 4) is 16.5 Å². The van der Waals surface area contributed by atoms with Crippen molar-refractivity contribution in [3.05, 3.63) is 59.1 Å². The number of hydrogen-bond acceptors (Lipinski definition) is 6. The highest BCUT2D eigenvalue weighted by Gasteiger charge is 2.17. The van der Waals surface area contributed by atoms with Gasteiger partial charge in [-0.05, 0) is 31.0 Å². The summed E-state index contributed by atoms with van der Waals surface area (Å²) in [7, 11) is 0. The van der Waals surface area contributed by atoms with Crippen LogP contribution in [0.2, 0.25) is 0 Å². The van der Waals surface area contributed by atoms with E-state index in [1.807, 2.05) is 37.3 Å². The number of aryl methyl sites for hydroxylation is 1. The minimum absolute atomic E-state index is 0.110. The third-order valence-corrected chi connectivity index (χ3v) is 5.18. The molecule has 0 bridgehead atoms. The topological polar surface area (TPSA) is 126 Å². The zero-order valence-corrected chi connectivity index (χ0v) is 17.3. The van der Waals surface area contributed by atoms with Crippen LogP contribution in [0.1, 0.15) is 23.8 Å². The summed E-state index contributed by atoms with van der Waals surface area (Å²) in [6.45, 7) is 2.27. The molecule has 1 aromatic carbocycles. The summed E-state index contributed by atoms with van der Waals surface area (Å²) in [6.07, 6.45) is 3.51. The Kier molecular flexibility index (Phi) is 7.23. The zero-order valence-electron chi connectivity index (χ0n) is 16.5. The van der Waals surface area contributed by atoms with E-state index in [1.54, 1.807) is 18.3 Å². The summed E-state index contributed by atoms with van der Waals surface area (Å²) in [4.78, 5) is 25.4. The smallest absolute Gasteiger partial charge is 0.236 e. The second kappa shape index (κ2) is 10.3. The molecule has 8 nitrogen and oxygen atoms in total. The van der Waals surface area contributed by atoms with Crippen LogP contribution in [0.5, 0.6) is 5.88 Å². The van der Waals surface area contributed by atoms with Gasteiger partial charge < -0.3 is 15.8 Å². The van der Waals surface area contributed by atoms with E-state index in [0.717, 1.165) is 17.5 Å². The lowest BCUT2D eigenvalue weighted by Gasteiger charge is -2.06. The van der Waals surface area contributed by atoms with Gasteiger partial charge in [0, 0.05) is 18.2 Å². The van der Waals surface area contributed by atoms with Crippen molar-refractivity contribution in [1.82, 2.24) is 9.97 Å². The second-order valence-electron chi connectivity index (χ2n) is 6.19. The SMILES string of the molecule is CCOc1nc(-c2ccnc(NC(=O)CCc3ccccc3)c2)sc1C(N)=NC=N. The van der Waals surface area contributed by atoms with Gasteiger partial charge in [-0.15, -0.1) is 11.3 Å². The number of amidine groups is 1. The van der Waals surface area contributed by atoms with Crippen molar-refractivity contribution in [2.24, 2.45) is 10.7 Å². The first-order chi connectivity index (χ1) is 14.6. The molecule has 9 heteroatoms. The Bertz CT molecular complexity index is 1050. The lowest BCUT2D eigenvalue weighted by Crippen LogP contribution is -2.13. The van der Waals surface area contributed by atoms with E-state index in [-0.39, 0.29) is 11.7 Å². The van der Waals surface area contributed by atoms with Gasteiger partial charge in [0.05, 0.1) is 6.61 Å². The average Bonchev–Trinajstić information content (AvgIpc) is 3.18. The van der Waals surface area contributed by atoms with Crippen LogP contribution in [0.25, 0.3) is 10.6 Å². The number of aliphatic imine (C=N–C) groups is 1. The van der Waals surface area contributed by atoms with Crippen molar-refractivity contribution in [2.75, 3.05) is 11.9 Å². The maximum absolute atomic E-state index is 12.3. The first kappa shape index (κ1) is 21.1. The Balaban J connectivity index is 1.74. The second-order valence-corrected chi connectivity index (χ2v) is 7.19. The molecule has 0 aliphatic carbocycles. The number of nitrogens with zero attached hydrogens (tertiary/aromatic N) is 3. The van der Waals surface area contributed by atoms with Crippen LogP contribution in [0, 0.1) is 5.41 Å². The minimum atomic E-state index is -0.110. The number of benzene rings is 1. The Hall–Kier alpha value is -3.59. The molecule has 0 radical (unpaired) electrons. The lowest BCUT2D eigenvalue weighted by atomic mass is 10.1. The number of nitrogens with two attached hydrogens (primary N) is 1. The van der Waals surface area contributed by atoms with Gasteiger partial charge in [-0.2, -0.15) is 0 Å². The Morgan fingerprint density at radius 2 is 2.13 bits per heavy atom. The van der Waals surface area contributed by atoms with E-state index in [0.29, 0.717) is 41.0 Å². The van der Waals surface area contributed by atoms with Crippen molar-refractivity contribution in [3.63, 3.8) is 0 Å². The standard InChI is InChI=1S/C21H22N6O2S/c1-2-29-20-18(19(23)25-13-22)30-21(27-20)15-10-11-24-16(12-15)26-17(28)9-8-14-6-4-3-5-7-14/h3-7,10-13H,2,8-9H2,1H3,(H3,22,23,25)(H,24,26,28). The molecule has 0 atom stereocenters. The highest BCUT2D eigenvalue weighted by Crippen LogP contribution is 2.33. The summed E-state index contributed by atoms with van der Waals surface area (Å²) in [5.74, 6) is 0.869. The Labute approximate surface area is 178 Å². The molecule has 0 saturated carbocycles. The Morgan fingerprint density at radius 3 is 2.87 bits per heavy atom. The number of pyridine rings is 1. The van der Waals surface area contributed by atoms with E-state index in [9.17, 15) is 4.79 Å². The summed E-state index contributed by atoms with van der Waals surface area (Å²) >= 11 is 1.30. The van der Waals surface area contributed by atoms with E-state index < -0.39 is 0 Å². The summed E-state index contributed by atoms with van der Waals surface area (Å²) in [5.41, 5.74) is 7.80. The molecule has 0 spiro atoms. The quantitative estimate of drug-likeness (QED) is 0.359. The molecule has 4 N–H and O–H groups in total. The van der Waals surface area contributed by atoms with Gasteiger partial charge in [0.25, 0.3) is 0 Å². The van der Waals surface area contributed by atoms with Crippen LogP contribution >= 0.6 is 11.3 Å². The molecule has 3 rings (SSSR count). The number of carbonyl (C=O) groups is 1. The number of nitrogens with one attached hydrogen (secondary N) is 2. The summed E-state index contributed by atoms with van der Waals surface area (Å²) in [5, 5.41) is 10.6. The predicted molar refractivity (Wildman–Crippen MR) is 119 cm³/mol. The first-order valence-corrected chi connectivity index (χ1v) is 10.2. The number of hydrogen-bond donors (Lipinski definition) is 3. The molecule has 0 unspecified atom stereocenters. The maximum Gasteiger partial charge on any atom is 0.236 e. The van der Waals surface area contributed by atoms with Gasteiger partial charge in [0.2, 0.25) is 11.8 Å². The number of thiazole rings is 1. The lowest BCUT2D eigenvalue weighted by molar-refractivity contribution is -0.116. The summed E-state index contributed by atoms with van der Waals surface area (Å²) in [6, 6.07) is 13.4. The summed E-state index contributed by atoms with van der Waals surface area (Å²) < 4.78 is 5.55. The van der Waals surface area contributed by atoms with E-state index in [2.05, 4.69) is 20.3 Å². The van der Waals surface area contributed by atoms with Crippen LogP contribution in [-0.4, -0.2) is 34.7 Å². The highest BCUT2D eigenvalue weighted by molar-refractivity contribution is 7.17. The molecule has 154 valence electrons. The fraction of sp³-hybridized carbons (Fsp3) is 0.190. The van der Waals surface area contributed by atoms with Crippen molar-refractivity contribution >= 4 is 35.2 Å². The molecule has 0 aliphatic heterocycles. The molecule has 0 saturated heterocycles. The van der Waals surface area contributed by atoms with Gasteiger partial charge in [-0.1, -0.05) is 30.3 Å². The number of carbonyl (C=O) groups excluding carboxylic acids is 1.